The number of nitrogens with zero attached hydrogens (tertiary/aromatic N) is 1. The number of halogens is 1. The van der Waals surface area contributed by atoms with Gasteiger partial charge in [-0.3, -0.25) is 19.2 Å². The number of fused-ring (bicyclic) bond motifs is 1. The fourth-order valence-corrected chi connectivity index (χ4v) is 4.22. The second-order valence-corrected chi connectivity index (χ2v) is 8.75. The van der Waals surface area contributed by atoms with Crippen molar-refractivity contribution in [3.8, 4) is 0 Å². The number of ether oxygens (including phenoxy) is 1. The molecule has 0 atom stereocenters. The molecule has 3 aromatic rings. The van der Waals surface area contributed by atoms with E-state index in [1.54, 1.807) is 24.3 Å². The molecular formula is C23H15ClN2O6S. The molecular weight excluding hydrogens is 468 g/mol. The molecule has 8 nitrogen and oxygen atoms in total. The highest BCUT2D eigenvalue weighted by atomic mass is 35.5. The van der Waals surface area contributed by atoms with Gasteiger partial charge < -0.3 is 10.1 Å². The molecule has 0 unspecified atom stereocenters. The number of carbonyl (C=O) groups excluding carboxylic acids is 5. The zero-order valence-electron chi connectivity index (χ0n) is 17.1. The Kier molecular flexibility index (Phi) is 6.08. The molecule has 10 heteroatoms. The van der Waals surface area contributed by atoms with E-state index in [-0.39, 0.29) is 22.6 Å². The van der Waals surface area contributed by atoms with Gasteiger partial charge in [0.1, 0.15) is 0 Å². The molecule has 0 fully saturated rings. The number of carbonyl (C=O) groups is 5. The maximum absolute atomic E-state index is 12.9. The number of nitrogens with one attached hydrogen (secondary N) is 1. The van der Waals surface area contributed by atoms with Gasteiger partial charge in [-0.2, -0.15) is 0 Å². The summed E-state index contributed by atoms with van der Waals surface area (Å²) in [5.74, 6) is -2.58. The van der Waals surface area contributed by atoms with Crippen molar-refractivity contribution < 1.29 is 28.7 Å². The third-order valence-corrected chi connectivity index (χ3v) is 6.02. The molecule has 33 heavy (non-hydrogen) atoms. The van der Waals surface area contributed by atoms with Crippen molar-refractivity contribution >= 4 is 63.8 Å². The minimum Gasteiger partial charge on any atom is -0.454 e. The monoisotopic (exact) mass is 482 g/mol. The number of hydrogen-bond donors (Lipinski definition) is 1. The van der Waals surface area contributed by atoms with Gasteiger partial charge in [-0.15, -0.1) is 11.3 Å². The Morgan fingerprint density at radius 3 is 2.30 bits per heavy atom. The first-order chi connectivity index (χ1) is 15.7. The van der Waals surface area contributed by atoms with Crippen molar-refractivity contribution in [3.05, 3.63) is 80.5 Å². The molecule has 1 aliphatic heterocycles. The molecule has 0 radical (unpaired) electrons. The normalized spacial score (nSPS) is 12.5. The van der Waals surface area contributed by atoms with Crippen LogP contribution in [0.25, 0.3) is 0 Å². The molecule has 1 N–H and O–H groups in total. The van der Waals surface area contributed by atoms with Gasteiger partial charge >= 0.3 is 5.97 Å². The van der Waals surface area contributed by atoms with Crippen LogP contribution in [0.4, 0.5) is 11.4 Å². The Hall–Kier alpha value is -3.82. The molecule has 0 bridgehead atoms. The predicted octanol–water partition coefficient (Wildman–Crippen LogP) is 4.20. The number of anilines is 2. The molecule has 2 aromatic carbocycles. The smallest absolute Gasteiger partial charge is 0.338 e. The Morgan fingerprint density at radius 1 is 0.970 bits per heavy atom. The van der Waals surface area contributed by atoms with E-state index in [9.17, 15) is 24.0 Å². The quantitative estimate of drug-likeness (QED) is 0.320. The van der Waals surface area contributed by atoms with Gasteiger partial charge in [0.25, 0.3) is 11.8 Å². The number of ketones is 1. The molecule has 1 aliphatic rings. The lowest BCUT2D eigenvalue weighted by molar-refractivity contribution is -0.114. The highest BCUT2D eigenvalue weighted by Crippen LogP contribution is 2.30. The molecule has 0 aliphatic carbocycles. The number of amides is 3. The van der Waals surface area contributed by atoms with Crippen LogP contribution >= 0.6 is 22.9 Å². The van der Waals surface area contributed by atoms with Crippen LogP contribution in [0.1, 0.15) is 47.7 Å². The van der Waals surface area contributed by atoms with Crippen molar-refractivity contribution in [2.75, 3.05) is 16.8 Å². The van der Waals surface area contributed by atoms with Crippen LogP contribution in [-0.4, -0.2) is 36.1 Å². The minimum atomic E-state index is -0.799. The van der Waals surface area contributed by atoms with Gasteiger partial charge in [-0.1, -0.05) is 11.6 Å². The summed E-state index contributed by atoms with van der Waals surface area (Å²) in [4.78, 5) is 62.7. The van der Waals surface area contributed by atoms with Gasteiger partial charge in [-0.25, -0.2) is 9.69 Å². The van der Waals surface area contributed by atoms with E-state index in [1.165, 1.54) is 37.3 Å². The Labute approximate surface area is 196 Å². The van der Waals surface area contributed by atoms with Crippen molar-refractivity contribution in [1.29, 1.82) is 0 Å². The number of imide groups is 1. The number of benzene rings is 2. The van der Waals surface area contributed by atoms with Crippen LogP contribution in [0.5, 0.6) is 0 Å². The topological polar surface area (TPSA) is 110 Å². The SMILES string of the molecule is CC(=O)Nc1ccc(N2C(=O)c3ccc(C(=O)OCC(=O)c4ccc(Cl)s4)cc3C2=O)cc1. The van der Waals surface area contributed by atoms with Crippen LogP contribution < -0.4 is 10.2 Å². The molecule has 3 amide bonds. The zero-order valence-corrected chi connectivity index (χ0v) is 18.7. The number of thiophene rings is 1. The minimum absolute atomic E-state index is 0.0368. The summed E-state index contributed by atoms with van der Waals surface area (Å²) in [6.07, 6.45) is 0. The zero-order chi connectivity index (χ0) is 23.7. The summed E-state index contributed by atoms with van der Waals surface area (Å²) >= 11 is 6.88. The van der Waals surface area contributed by atoms with E-state index < -0.39 is 30.2 Å². The molecule has 0 saturated carbocycles. The van der Waals surface area contributed by atoms with Crippen LogP contribution in [0.15, 0.2) is 54.6 Å². The van der Waals surface area contributed by atoms with E-state index in [0.717, 1.165) is 16.2 Å². The summed E-state index contributed by atoms with van der Waals surface area (Å²) in [7, 11) is 0. The van der Waals surface area contributed by atoms with E-state index in [2.05, 4.69) is 5.32 Å². The lowest BCUT2D eigenvalue weighted by atomic mass is 10.1. The van der Waals surface area contributed by atoms with Crippen molar-refractivity contribution in [3.63, 3.8) is 0 Å². The van der Waals surface area contributed by atoms with Gasteiger partial charge in [-0.05, 0) is 54.6 Å². The average Bonchev–Trinajstić information content (AvgIpc) is 3.33. The molecule has 2 heterocycles. The lowest BCUT2D eigenvalue weighted by Gasteiger charge is -2.14. The van der Waals surface area contributed by atoms with Gasteiger partial charge in [0, 0.05) is 12.6 Å². The first-order valence-corrected chi connectivity index (χ1v) is 10.8. The van der Waals surface area contributed by atoms with Crippen molar-refractivity contribution in [1.82, 2.24) is 0 Å². The Balaban J connectivity index is 1.49. The fourth-order valence-electron chi connectivity index (χ4n) is 3.25. The van der Waals surface area contributed by atoms with E-state index >= 15 is 0 Å². The predicted molar refractivity (Wildman–Crippen MR) is 122 cm³/mol. The number of Topliss-reactive ketones (excluding diaryl/α,β-unsaturated/α-hetero) is 1. The summed E-state index contributed by atoms with van der Waals surface area (Å²) in [6.45, 7) is 0.890. The van der Waals surface area contributed by atoms with Crippen LogP contribution in [-0.2, 0) is 9.53 Å². The van der Waals surface area contributed by atoms with Crippen molar-refractivity contribution in [2.45, 2.75) is 6.92 Å². The summed E-state index contributed by atoms with van der Waals surface area (Å²) in [5, 5.41) is 2.60. The molecule has 0 saturated heterocycles. The van der Waals surface area contributed by atoms with Gasteiger partial charge in [0.05, 0.1) is 31.6 Å². The second-order valence-electron chi connectivity index (χ2n) is 7.04. The summed E-state index contributed by atoms with van der Waals surface area (Å²) < 4.78 is 5.51. The van der Waals surface area contributed by atoms with Gasteiger partial charge in [0.15, 0.2) is 6.61 Å². The van der Waals surface area contributed by atoms with E-state index in [0.29, 0.717) is 20.6 Å². The van der Waals surface area contributed by atoms with E-state index in [4.69, 9.17) is 16.3 Å². The van der Waals surface area contributed by atoms with Gasteiger partial charge in [0.2, 0.25) is 11.7 Å². The maximum atomic E-state index is 12.9. The standard InChI is InChI=1S/C23H15ClN2O6S/c1-12(27)25-14-3-5-15(6-4-14)26-21(29)16-7-2-13(10-17(16)22(26)30)23(31)32-11-18(28)19-8-9-20(24)33-19/h2-10H,11H2,1H3,(H,25,27). The average molecular weight is 483 g/mol. The van der Waals surface area contributed by atoms with Crippen LogP contribution in [0.2, 0.25) is 4.34 Å². The summed E-state index contributed by atoms with van der Waals surface area (Å²) in [6, 6.07) is 13.3. The first-order valence-electron chi connectivity index (χ1n) is 9.61. The highest BCUT2D eigenvalue weighted by Gasteiger charge is 2.37. The third-order valence-electron chi connectivity index (χ3n) is 4.75. The number of hydrogen-bond acceptors (Lipinski definition) is 7. The Morgan fingerprint density at radius 2 is 1.67 bits per heavy atom. The van der Waals surface area contributed by atoms with Crippen molar-refractivity contribution in [2.24, 2.45) is 0 Å². The second kappa shape index (κ2) is 8.97. The maximum Gasteiger partial charge on any atom is 0.338 e. The fraction of sp³-hybridized carbons (Fsp3) is 0.0870. The van der Waals surface area contributed by atoms with Crippen LogP contribution in [0.3, 0.4) is 0 Å². The molecule has 166 valence electrons. The Bertz CT molecular complexity index is 1310. The first kappa shape index (κ1) is 22.4. The molecule has 4 rings (SSSR count). The van der Waals surface area contributed by atoms with Crippen LogP contribution in [0, 0.1) is 0 Å². The third kappa shape index (κ3) is 4.55. The van der Waals surface area contributed by atoms with E-state index in [1.807, 2.05) is 0 Å². The largest absolute Gasteiger partial charge is 0.454 e. The highest BCUT2D eigenvalue weighted by molar-refractivity contribution is 7.18. The molecule has 1 aromatic heterocycles. The lowest BCUT2D eigenvalue weighted by Crippen LogP contribution is -2.29. The number of esters is 1. The summed E-state index contributed by atoms with van der Waals surface area (Å²) in [5.41, 5.74) is 1.07. The molecule has 0 spiro atoms. The number of rotatable bonds is 6.